The number of thiophene rings is 1. The topological polar surface area (TPSA) is 96.1 Å². The number of aliphatic hydroxyl groups is 1. The molecule has 114 valence electrons. The zero-order valence-corrected chi connectivity index (χ0v) is 13.2. The third-order valence-corrected chi connectivity index (χ3v) is 3.65. The van der Waals surface area contributed by atoms with Crippen LogP contribution in [0.3, 0.4) is 0 Å². The highest BCUT2D eigenvalue weighted by atomic mass is 32.1. The molecule has 1 unspecified atom stereocenters. The summed E-state index contributed by atoms with van der Waals surface area (Å²) < 4.78 is 0. The summed E-state index contributed by atoms with van der Waals surface area (Å²) in [6.45, 7) is 6.48. The first-order valence-corrected chi connectivity index (χ1v) is 7.64. The van der Waals surface area contributed by atoms with Crippen molar-refractivity contribution in [2.24, 2.45) is 5.84 Å². The summed E-state index contributed by atoms with van der Waals surface area (Å²) >= 11 is 1.56. The Balaban J connectivity index is 2.12. The van der Waals surface area contributed by atoms with Gasteiger partial charge < -0.3 is 15.8 Å². The van der Waals surface area contributed by atoms with Gasteiger partial charge in [-0.15, -0.1) is 0 Å². The second kappa shape index (κ2) is 6.38. The van der Waals surface area contributed by atoms with Crippen LogP contribution in [0.4, 0.5) is 11.6 Å². The molecule has 1 atom stereocenters. The van der Waals surface area contributed by atoms with Gasteiger partial charge in [0.2, 0.25) is 0 Å². The van der Waals surface area contributed by atoms with Crippen molar-refractivity contribution < 1.29 is 5.11 Å². The van der Waals surface area contributed by atoms with E-state index in [4.69, 9.17) is 5.84 Å². The van der Waals surface area contributed by atoms with Crippen LogP contribution in [0.1, 0.15) is 38.3 Å². The van der Waals surface area contributed by atoms with Gasteiger partial charge in [-0.3, -0.25) is 0 Å². The van der Waals surface area contributed by atoms with E-state index in [2.05, 4.69) is 20.7 Å². The first-order chi connectivity index (χ1) is 9.90. The predicted octanol–water partition coefficient (Wildman–Crippen LogP) is 2.27. The van der Waals surface area contributed by atoms with E-state index in [1.54, 1.807) is 17.4 Å². The fraction of sp³-hybridized carbons (Fsp3) is 0.429. The van der Waals surface area contributed by atoms with E-state index in [0.717, 1.165) is 5.56 Å². The van der Waals surface area contributed by atoms with Crippen molar-refractivity contribution in [3.8, 4) is 0 Å². The molecule has 0 radical (unpaired) electrons. The average molecular weight is 307 g/mol. The second-order valence-electron chi connectivity index (χ2n) is 5.81. The van der Waals surface area contributed by atoms with E-state index in [1.807, 2.05) is 37.6 Å². The lowest BCUT2D eigenvalue weighted by Gasteiger charge is -2.19. The Morgan fingerprint density at radius 3 is 2.62 bits per heavy atom. The van der Waals surface area contributed by atoms with E-state index >= 15 is 0 Å². The average Bonchev–Trinajstić information content (AvgIpc) is 2.97. The fourth-order valence-electron chi connectivity index (χ4n) is 1.73. The van der Waals surface area contributed by atoms with E-state index in [-0.39, 0.29) is 5.41 Å². The molecule has 0 aliphatic rings. The van der Waals surface area contributed by atoms with Crippen LogP contribution in [-0.4, -0.2) is 21.6 Å². The van der Waals surface area contributed by atoms with Gasteiger partial charge in [-0.1, -0.05) is 20.8 Å². The number of nitrogen functional groups attached to an aromatic ring is 1. The lowest BCUT2D eigenvalue weighted by Crippen LogP contribution is -2.21. The number of rotatable bonds is 5. The molecule has 0 amide bonds. The molecule has 5 N–H and O–H groups in total. The molecule has 2 aromatic rings. The number of aromatic nitrogens is 2. The summed E-state index contributed by atoms with van der Waals surface area (Å²) in [6.07, 6.45) is -0.571. The highest BCUT2D eigenvalue weighted by molar-refractivity contribution is 7.07. The van der Waals surface area contributed by atoms with Crippen LogP contribution in [-0.2, 0) is 5.41 Å². The second-order valence-corrected chi connectivity index (χ2v) is 6.59. The molecule has 0 aromatic carbocycles. The third kappa shape index (κ3) is 4.13. The van der Waals surface area contributed by atoms with Crippen molar-refractivity contribution >= 4 is 23.0 Å². The number of hydrogen-bond donors (Lipinski definition) is 4. The summed E-state index contributed by atoms with van der Waals surface area (Å²) in [6, 6.07) is 3.63. The molecule has 0 spiro atoms. The number of nitrogens with one attached hydrogen (secondary N) is 2. The van der Waals surface area contributed by atoms with Crippen molar-refractivity contribution in [3.63, 3.8) is 0 Å². The normalized spacial score (nSPS) is 13.0. The van der Waals surface area contributed by atoms with E-state index in [0.29, 0.717) is 24.0 Å². The molecule has 7 heteroatoms. The zero-order valence-electron chi connectivity index (χ0n) is 12.4. The SMILES string of the molecule is CC(C)(C)c1nc(NN)cc(NCC(O)c2ccsc2)n1. The first kappa shape index (κ1) is 15.7. The lowest BCUT2D eigenvalue weighted by molar-refractivity contribution is 0.192. The molecule has 2 rings (SSSR count). The summed E-state index contributed by atoms with van der Waals surface area (Å²) in [5.74, 6) is 7.31. The molecule has 0 aliphatic carbocycles. The number of nitrogens with zero attached hydrogens (tertiary/aromatic N) is 2. The molecule has 0 fully saturated rings. The van der Waals surface area contributed by atoms with Gasteiger partial charge in [0.25, 0.3) is 0 Å². The summed E-state index contributed by atoms with van der Waals surface area (Å²) in [5, 5.41) is 17.1. The minimum atomic E-state index is -0.571. The van der Waals surface area contributed by atoms with Crippen molar-refractivity contribution in [2.75, 3.05) is 17.3 Å². The maximum absolute atomic E-state index is 10.1. The highest BCUT2D eigenvalue weighted by Gasteiger charge is 2.19. The summed E-state index contributed by atoms with van der Waals surface area (Å²) in [7, 11) is 0. The monoisotopic (exact) mass is 307 g/mol. The molecule has 2 aromatic heterocycles. The predicted molar refractivity (Wildman–Crippen MR) is 86.3 cm³/mol. The molecule has 21 heavy (non-hydrogen) atoms. The lowest BCUT2D eigenvalue weighted by atomic mass is 9.96. The molecule has 0 bridgehead atoms. The van der Waals surface area contributed by atoms with E-state index < -0.39 is 6.10 Å². The molecule has 0 saturated carbocycles. The molecule has 0 aliphatic heterocycles. The van der Waals surface area contributed by atoms with Crippen LogP contribution in [0.25, 0.3) is 0 Å². The fourth-order valence-corrected chi connectivity index (χ4v) is 2.44. The maximum atomic E-state index is 10.1. The van der Waals surface area contributed by atoms with Gasteiger partial charge in [0.15, 0.2) is 0 Å². The Bertz CT molecular complexity index is 580. The smallest absolute Gasteiger partial charge is 0.145 e. The van der Waals surface area contributed by atoms with Gasteiger partial charge in [-0.05, 0) is 22.4 Å². The third-order valence-electron chi connectivity index (χ3n) is 2.95. The summed E-state index contributed by atoms with van der Waals surface area (Å²) in [5.41, 5.74) is 3.26. The highest BCUT2D eigenvalue weighted by Crippen LogP contribution is 2.23. The molecular weight excluding hydrogens is 286 g/mol. The van der Waals surface area contributed by atoms with Gasteiger partial charge >= 0.3 is 0 Å². The number of hydrogen-bond acceptors (Lipinski definition) is 7. The van der Waals surface area contributed by atoms with Crippen molar-refractivity contribution in [2.45, 2.75) is 32.3 Å². The van der Waals surface area contributed by atoms with Gasteiger partial charge in [0, 0.05) is 18.0 Å². The Morgan fingerprint density at radius 2 is 2.05 bits per heavy atom. The van der Waals surface area contributed by atoms with Crippen molar-refractivity contribution in [1.29, 1.82) is 0 Å². The van der Waals surface area contributed by atoms with Gasteiger partial charge in [0.05, 0.1) is 6.10 Å². The van der Waals surface area contributed by atoms with Gasteiger partial charge in [-0.2, -0.15) is 11.3 Å². The standard InChI is InChI=1S/C14H21N5OS/c1-14(2,3)13-17-11(6-12(18-13)19-15)16-7-10(20)9-4-5-21-8-9/h4-6,8,10,20H,7,15H2,1-3H3,(H2,16,17,18,19). The minimum absolute atomic E-state index is 0.185. The molecular formula is C14H21N5OS. The molecule has 0 saturated heterocycles. The summed E-state index contributed by atoms with van der Waals surface area (Å²) in [4.78, 5) is 8.83. The van der Waals surface area contributed by atoms with E-state index in [1.165, 1.54) is 0 Å². The Labute approximate surface area is 128 Å². The Hall–Kier alpha value is -1.70. The van der Waals surface area contributed by atoms with E-state index in [9.17, 15) is 5.11 Å². The Kier molecular flexibility index (Phi) is 4.76. The zero-order chi connectivity index (χ0) is 15.5. The quantitative estimate of drug-likeness (QED) is 0.500. The molecule has 6 nitrogen and oxygen atoms in total. The van der Waals surface area contributed by atoms with Crippen LogP contribution in [0.2, 0.25) is 0 Å². The van der Waals surface area contributed by atoms with Crippen LogP contribution in [0, 0.1) is 0 Å². The molecule has 2 heterocycles. The largest absolute Gasteiger partial charge is 0.387 e. The van der Waals surface area contributed by atoms with Gasteiger partial charge in [0.1, 0.15) is 17.5 Å². The number of hydrazine groups is 1. The first-order valence-electron chi connectivity index (χ1n) is 6.70. The van der Waals surface area contributed by atoms with Gasteiger partial charge in [-0.25, -0.2) is 15.8 Å². The van der Waals surface area contributed by atoms with Crippen LogP contribution < -0.4 is 16.6 Å². The van der Waals surface area contributed by atoms with Crippen molar-refractivity contribution in [1.82, 2.24) is 9.97 Å². The number of nitrogens with two attached hydrogens (primary N) is 1. The maximum Gasteiger partial charge on any atom is 0.145 e. The Morgan fingerprint density at radius 1 is 1.33 bits per heavy atom. The van der Waals surface area contributed by atoms with Crippen LogP contribution >= 0.6 is 11.3 Å². The number of aliphatic hydroxyl groups excluding tert-OH is 1. The minimum Gasteiger partial charge on any atom is -0.387 e. The number of anilines is 2. The van der Waals surface area contributed by atoms with Crippen molar-refractivity contribution in [3.05, 3.63) is 34.3 Å². The van der Waals surface area contributed by atoms with Crippen LogP contribution in [0.15, 0.2) is 22.9 Å². The van der Waals surface area contributed by atoms with Crippen LogP contribution in [0.5, 0.6) is 0 Å².